The van der Waals surface area contributed by atoms with Crippen molar-refractivity contribution in [2.75, 3.05) is 10.6 Å². The molecule has 0 amide bonds. The van der Waals surface area contributed by atoms with E-state index in [-0.39, 0.29) is 17.1 Å². The van der Waals surface area contributed by atoms with Crippen LogP contribution in [-0.4, -0.2) is 5.78 Å². The zero-order valence-corrected chi connectivity index (χ0v) is 18.9. The Morgan fingerprint density at radius 3 is 2.41 bits per heavy atom. The Morgan fingerprint density at radius 1 is 0.824 bits per heavy atom. The predicted molar refractivity (Wildman–Crippen MR) is 134 cm³/mol. The molecule has 0 unspecified atom stereocenters. The smallest absolute Gasteiger partial charge is 0.198 e. The average molecular weight is 469 g/mol. The van der Waals surface area contributed by atoms with Crippen molar-refractivity contribution in [3.8, 4) is 0 Å². The summed E-state index contributed by atoms with van der Waals surface area (Å²) in [6.07, 6.45) is 2.41. The number of anilines is 2. The number of hydrogen-bond donors (Lipinski definition) is 2. The van der Waals surface area contributed by atoms with E-state index in [0.717, 1.165) is 22.6 Å². The Balaban J connectivity index is 1.53. The lowest BCUT2D eigenvalue weighted by Crippen LogP contribution is -2.29. The molecule has 34 heavy (non-hydrogen) atoms. The third-order valence-electron chi connectivity index (χ3n) is 6.67. The number of carbonyl (C=O) groups excluding carboxylic acids is 1. The minimum atomic E-state index is -0.633. The van der Waals surface area contributed by atoms with Crippen LogP contribution in [0.4, 0.5) is 11.4 Å². The number of nitrogens with one attached hydrogen (secondary N) is 2. The summed E-state index contributed by atoms with van der Waals surface area (Å²) in [5, 5.41) is 8.09. The van der Waals surface area contributed by atoms with Crippen LogP contribution in [0, 0.1) is 0 Å². The van der Waals surface area contributed by atoms with Crippen LogP contribution in [0.2, 0.25) is 5.02 Å². The SMILES string of the molecule is O=C1C[C@@H](c2ccccc2Cl)CC2=C1[C@H](c1coc3ccccc3c1=O)Nc1ccccc1N2. The van der Waals surface area contributed by atoms with Gasteiger partial charge in [0, 0.05) is 22.7 Å². The molecule has 0 spiro atoms. The second kappa shape index (κ2) is 8.19. The van der Waals surface area contributed by atoms with Gasteiger partial charge in [-0.1, -0.05) is 54.1 Å². The lowest BCUT2D eigenvalue weighted by molar-refractivity contribution is -0.116. The first-order chi connectivity index (χ1) is 16.6. The molecule has 1 aliphatic heterocycles. The average Bonchev–Trinajstić information content (AvgIpc) is 3.01. The fourth-order valence-corrected chi connectivity index (χ4v) is 5.33. The lowest BCUT2D eigenvalue weighted by atomic mass is 9.78. The van der Waals surface area contributed by atoms with Crippen LogP contribution in [0.3, 0.4) is 0 Å². The molecule has 2 atom stereocenters. The number of hydrogen-bond acceptors (Lipinski definition) is 5. The van der Waals surface area contributed by atoms with E-state index in [9.17, 15) is 9.59 Å². The van der Waals surface area contributed by atoms with Crippen molar-refractivity contribution in [1.29, 1.82) is 0 Å². The summed E-state index contributed by atoms with van der Waals surface area (Å²) >= 11 is 6.48. The zero-order valence-electron chi connectivity index (χ0n) is 18.2. The van der Waals surface area contributed by atoms with E-state index in [1.807, 2.05) is 60.7 Å². The topological polar surface area (TPSA) is 71.3 Å². The van der Waals surface area contributed by atoms with Gasteiger partial charge >= 0.3 is 0 Å². The molecule has 0 fully saturated rings. The van der Waals surface area contributed by atoms with Crippen molar-refractivity contribution in [3.05, 3.63) is 117 Å². The molecular formula is C28H21ClN2O3. The first kappa shape index (κ1) is 20.8. The number of allylic oxidation sites excluding steroid dienone is 1. The van der Waals surface area contributed by atoms with E-state index in [1.165, 1.54) is 6.26 Å². The first-order valence-corrected chi connectivity index (χ1v) is 11.6. The van der Waals surface area contributed by atoms with E-state index >= 15 is 0 Å². The highest BCUT2D eigenvalue weighted by molar-refractivity contribution is 6.31. The van der Waals surface area contributed by atoms with Crippen LogP contribution in [0.1, 0.15) is 35.9 Å². The van der Waals surface area contributed by atoms with E-state index in [2.05, 4.69) is 10.6 Å². The van der Waals surface area contributed by atoms with Gasteiger partial charge in [0.05, 0.1) is 28.4 Å². The van der Waals surface area contributed by atoms with Gasteiger partial charge in [-0.05, 0) is 48.2 Å². The normalized spacial score (nSPS) is 19.6. The van der Waals surface area contributed by atoms with Gasteiger partial charge in [0.15, 0.2) is 11.2 Å². The van der Waals surface area contributed by atoms with Gasteiger partial charge in [-0.3, -0.25) is 9.59 Å². The van der Waals surface area contributed by atoms with Crippen molar-refractivity contribution in [1.82, 2.24) is 0 Å². The van der Waals surface area contributed by atoms with E-state index in [1.54, 1.807) is 12.1 Å². The predicted octanol–water partition coefficient (Wildman–Crippen LogP) is 6.43. The maximum absolute atomic E-state index is 13.7. The Labute approximate surface area is 201 Å². The molecule has 6 heteroatoms. The second-order valence-corrected chi connectivity index (χ2v) is 9.11. The number of rotatable bonds is 2. The third kappa shape index (κ3) is 3.40. The fraction of sp³-hybridized carbons (Fsp3) is 0.143. The maximum atomic E-state index is 13.7. The van der Waals surface area contributed by atoms with Crippen LogP contribution in [0.5, 0.6) is 0 Å². The molecular weight excluding hydrogens is 448 g/mol. The van der Waals surface area contributed by atoms with Gasteiger partial charge in [-0.25, -0.2) is 0 Å². The second-order valence-electron chi connectivity index (χ2n) is 8.71. The van der Waals surface area contributed by atoms with Crippen LogP contribution < -0.4 is 16.1 Å². The molecule has 1 aromatic heterocycles. The lowest BCUT2D eigenvalue weighted by Gasteiger charge is -2.30. The van der Waals surface area contributed by atoms with Crippen LogP contribution >= 0.6 is 11.6 Å². The quantitative estimate of drug-likeness (QED) is 0.355. The molecule has 0 saturated heterocycles. The van der Waals surface area contributed by atoms with Gasteiger partial charge < -0.3 is 15.1 Å². The van der Waals surface area contributed by atoms with Gasteiger partial charge in [-0.2, -0.15) is 0 Å². The molecule has 2 heterocycles. The summed E-state index contributed by atoms with van der Waals surface area (Å²) in [6, 6.07) is 21.9. The van der Waals surface area contributed by atoms with Gasteiger partial charge in [-0.15, -0.1) is 0 Å². The Kier molecular flexibility index (Phi) is 5.00. The molecule has 6 rings (SSSR count). The van der Waals surface area contributed by atoms with E-state index in [4.69, 9.17) is 16.0 Å². The molecule has 0 radical (unpaired) electrons. The zero-order chi connectivity index (χ0) is 23.2. The van der Waals surface area contributed by atoms with Crippen molar-refractivity contribution in [3.63, 3.8) is 0 Å². The van der Waals surface area contributed by atoms with Crippen molar-refractivity contribution >= 4 is 39.7 Å². The van der Waals surface area contributed by atoms with Crippen LogP contribution in [0.25, 0.3) is 11.0 Å². The Hall–Kier alpha value is -3.83. The van der Waals surface area contributed by atoms with Crippen molar-refractivity contribution in [2.45, 2.75) is 24.8 Å². The standard InChI is InChI=1S/C28H21ClN2O3/c29-20-9-3-1-7-17(20)16-13-23-26(24(32)14-16)27(31-22-11-5-4-10-21(22)30-23)19-15-34-25-12-6-2-8-18(25)28(19)33/h1-12,15-16,27,30-31H,13-14H2/t16-,27-/m0/s1. The van der Waals surface area contributed by atoms with Gasteiger partial charge in [0.1, 0.15) is 11.8 Å². The summed E-state index contributed by atoms with van der Waals surface area (Å²) in [4.78, 5) is 27.2. The molecule has 5 nitrogen and oxygen atoms in total. The minimum Gasteiger partial charge on any atom is -0.464 e. The summed E-state index contributed by atoms with van der Waals surface area (Å²) in [6.45, 7) is 0. The summed E-state index contributed by atoms with van der Waals surface area (Å²) in [5.41, 5.74) is 4.79. The third-order valence-corrected chi connectivity index (χ3v) is 7.02. The van der Waals surface area contributed by atoms with Crippen molar-refractivity contribution < 1.29 is 9.21 Å². The number of halogens is 1. The summed E-state index contributed by atoms with van der Waals surface area (Å²) in [5.74, 6) is -0.0668. The summed E-state index contributed by atoms with van der Waals surface area (Å²) in [7, 11) is 0. The summed E-state index contributed by atoms with van der Waals surface area (Å²) < 4.78 is 5.82. The molecule has 0 saturated carbocycles. The molecule has 2 N–H and O–H groups in total. The highest BCUT2D eigenvalue weighted by Gasteiger charge is 2.37. The number of para-hydroxylation sites is 3. The number of ketones is 1. The van der Waals surface area contributed by atoms with Crippen molar-refractivity contribution in [2.24, 2.45) is 0 Å². The van der Waals surface area contributed by atoms with Crippen LogP contribution in [0.15, 0.2) is 99.5 Å². The van der Waals surface area contributed by atoms with E-state index in [0.29, 0.717) is 40.0 Å². The largest absolute Gasteiger partial charge is 0.464 e. The highest BCUT2D eigenvalue weighted by Crippen LogP contribution is 2.44. The van der Waals surface area contributed by atoms with E-state index < -0.39 is 6.04 Å². The molecule has 3 aromatic carbocycles. The number of fused-ring (bicyclic) bond motifs is 2. The molecule has 0 bridgehead atoms. The Bertz CT molecular complexity index is 1540. The first-order valence-electron chi connectivity index (χ1n) is 11.2. The fourth-order valence-electron chi connectivity index (χ4n) is 5.04. The number of benzene rings is 3. The molecule has 168 valence electrons. The number of Topliss-reactive ketones (excluding diaryl/α,β-unsaturated/α-hetero) is 1. The van der Waals surface area contributed by atoms with Crippen LogP contribution in [-0.2, 0) is 4.79 Å². The minimum absolute atomic E-state index is 0.0171. The van der Waals surface area contributed by atoms with Gasteiger partial charge in [0.2, 0.25) is 0 Å². The Morgan fingerprint density at radius 2 is 1.56 bits per heavy atom. The number of carbonyl (C=O) groups is 1. The molecule has 2 aliphatic rings. The molecule has 4 aromatic rings. The maximum Gasteiger partial charge on any atom is 0.198 e. The highest BCUT2D eigenvalue weighted by atomic mass is 35.5. The van der Waals surface area contributed by atoms with Gasteiger partial charge in [0.25, 0.3) is 0 Å². The molecule has 1 aliphatic carbocycles. The monoisotopic (exact) mass is 468 g/mol.